The van der Waals surface area contributed by atoms with E-state index in [9.17, 15) is 9.59 Å². The van der Waals surface area contributed by atoms with Gasteiger partial charge in [-0.1, -0.05) is 0 Å². The molecular formula is C9H17NO4. The summed E-state index contributed by atoms with van der Waals surface area (Å²) in [4.78, 5) is 23.5. The predicted octanol–water partition coefficient (Wildman–Crippen LogP) is 0.344. The van der Waals surface area contributed by atoms with Crippen molar-refractivity contribution < 1.29 is 19.4 Å². The van der Waals surface area contributed by atoms with Gasteiger partial charge in [-0.05, 0) is 13.8 Å². The Morgan fingerprint density at radius 1 is 1.50 bits per heavy atom. The summed E-state index contributed by atoms with van der Waals surface area (Å²) in [5.41, 5.74) is -1.28. The van der Waals surface area contributed by atoms with Crippen molar-refractivity contribution in [1.82, 2.24) is 4.90 Å². The maximum Gasteiger partial charge on any atom is 0.331 e. The van der Waals surface area contributed by atoms with E-state index < -0.39 is 11.5 Å². The summed E-state index contributed by atoms with van der Waals surface area (Å²) in [5, 5.41) is 9.04. The number of carbonyl (C=O) groups excluding carboxylic acids is 1. The third kappa shape index (κ3) is 2.45. The van der Waals surface area contributed by atoms with E-state index in [-0.39, 0.29) is 12.5 Å². The molecule has 0 rings (SSSR count). The fraction of sp³-hybridized carbons (Fsp3) is 0.778. The van der Waals surface area contributed by atoms with Gasteiger partial charge in [0.15, 0.2) is 5.54 Å². The van der Waals surface area contributed by atoms with Crippen molar-refractivity contribution in [3.63, 3.8) is 0 Å². The molecule has 0 spiro atoms. The molecule has 0 radical (unpaired) electrons. The standard InChI is InChI=1S/C9H17NO4/c1-5-10(7(2)11)9(3,6-14-4)8(12)13/h5-6H2,1-4H3,(H,12,13). The molecular weight excluding hydrogens is 186 g/mol. The van der Waals surface area contributed by atoms with E-state index in [2.05, 4.69) is 0 Å². The zero-order chi connectivity index (χ0) is 11.4. The van der Waals surface area contributed by atoms with Crippen LogP contribution in [0.1, 0.15) is 20.8 Å². The van der Waals surface area contributed by atoms with Crippen LogP contribution < -0.4 is 0 Å². The summed E-state index contributed by atoms with van der Waals surface area (Å²) in [6.45, 7) is 4.89. The highest BCUT2D eigenvalue weighted by Crippen LogP contribution is 2.16. The molecule has 1 amide bonds. The molecule has 1 N–H and O–H groups in total. The number of methoxy groups -OCH3 is 1. The van der Waals surface area contributed by atoms with E-state index in [0.29, 0.717) is 6.54 Å². The van der Waals surface area contributed by atoms with Crippen LogP contribution in [-0.4, -0.2) is 47.7 Å². The smallest absolute Gasteiger partial charge is 0.331 e. The van der Waals surface area contributed by atoms with E-state index in [1.165, 1.54) is 25.9 Å². The first-order valence-electron chi connectivity index (χ1n) is 4.40. The normalized spacial score (nSPS) is 14.6. The van der Waals surface area contributed by atoms with Crippen LogP contribution in [0.15, 0.2) is 0 Å². The summed E-state index contributed by atoms with van der Waals surface area (Å²) < 4.78 is 4.83. The molecule has 0 bridgehead atoms. The van der Waals surface area contributed by atoms with E-state index >= 15 is 0 Å². The van der Waals surface area contributed by atoms with E-state index in [1.807, 2.05) is 0 Å². The lowest BCUT2D eigenvalue weighted by atomic mass is 10.0. The molecule has 0 aromatic heterocycles. The Morgan fingerprint density at radius 3 is 2.21 bits per heavy atom. The van der Waals surface area contributed by atoms with E-state index in [4.69, 9.17) is 9.84 Å². The lowest BCUT2D eigenvalue weighted by Crippen LogP contribution is -2.57. The van der Waals surface area contributed by atoms with Crippen molar-refractivity contribution in [3.8, 4) is 0 Å². The van der Waals surface area contributed by atoms with Crippen LogP contribution in [0.25, 0.3) is 0 Å². The third-order valence-corrected chi connectivity index (χ3v) is 2.18. The maximum atomic E-state index is 11.2. The molecule has 82 valence electrons. The largest absolute Gasteiger partial charge is 0.479 e. The predicted molar refractivity (Wildman–Crippen MR) is 51.0 cm³/mol. The zero-order valence-corrected chi connectivity index (χ0v) is 9.03. The van der Waals surface area contributed by atoms with E-state index in [0.717, 1.165) is 0 Å². The minimum atomic E-state index is -1.28. The quantitative estimate of drug-likeness (QED) is 0.700. The second kappa shape index (κ2) is 4.95. The van der Waals surface area contributed by atoms with Crippen molar-refractivity contribution in [2.45, 2.75) is 26.3 Å². The fourth-order valence-corrected chi connectivity index (χ4v) is 1.46. The second-order valence-electron chi connectivity index (χ2n) is 3.28. The number of aliphatic carboxylic acids is 1. The Labute approximate surface area is 83.6 Å². The van der Waals surface area contributed by atoms with Crippen LogP contribution in [0.2, 0.25) is 0 Å². The average molecular weight is 203 g/mol. The van der Waals surface area contributed by atoms with Gasteiger partial charge in [-0.2, -0.15) is 0 Å². The number of carbonyl (C=O) groups is 2. The van der Waals surface area contributed by atoms with Crippen LogP contribution in [0.3, 0.4) is 0 Å². The number of nitrogens with zero attached hydrogens (tertiary/aromatic N) is 1. The van der Waals surface area contributed by atoms with Gasteiger partial charge in [0.2, 0.25) is 5.91 Å². The van der Waals surface area contributed by atoms with Crippen LogP contribution in [0.5, 0.6) is 0 Å². The van der Waals surface area contributed by atoms with Crippen LogP contribution >= 0.6 is 0 Å². The number of ether oxygens (including phenoxy) is 1. The minimum Gasteiger partial charge on any atom is -0.479 e. The molecule has 0 saturated carbocycles. The monoisotopic (exact) mass is 203 g/mol. The van der Waals surface area contributed by atoms with Gasteiger partial charge in [-0.3, -0.25) is 4.79 Å². The lowest BCUT2D eigenvalue weighted by Gasteiger charge is -2.35. The van der Waals surface area contributed by atoms with Gasteiger partial charge < -0.3 is 14.7 Å². The molecule has 0 saturated heterocycles. The molecule has 5 heteroatoms. The van der Waals surface area contributed by atoms with Crippen molar-refractivity contribution in [3.05, 3.63) is 0 Å². The highest BCUT2D eigenvalue weighted by atomic mass is 16.5. The number of amides is 1. The molecule has 0 heterocycles. The molecule has 0 fully saturated rings. The molecule has 5 nitrogen and oxygen atoms in total. The summed E-state index contributed by atoms with van der Waals surface area (Å²) in [7, 11) is 1.41. The molecule has 0 aliphatic carbocycles. The molecule has 1 unspecified atom stereocenters. The number of carboxylic acid groups (broad SMARTS) is 1. The summed E-state index contributed by atoms with van der Waals surface area (Å²) in [5.74, 6) is -1.33. The first-order chi connectivity index (χ1) is 6.40. The summed E-state index contributed by atoms with van der Waals surface area (Å²) >= 11 is 0. The average Bonchev–Trinajstić information content (AvgIpc) is 2.04. The Hall–Kier alpha value is -1.10. The van der Waals surface area contributed by atoms with E-state index in [1.54, 1.807) is 6.92 Å². The van der Waals surface area contributed by atoms with Crippen molar-refractivity contribution >= 4 is 11.9 Å². The number of rotatable bonds is 5. The minimum absolute atomic E-state index is 0.0181. The molecule has 1 atom stereocenters. The zero-order valence-electron chi connectivity index (χ0n) is 9.03. The number of hydrogen-bond donors (Lipinski definition) is 1. The maximum absolute atomic E-state index is 11.2. The molecule has 0 aliphatic heterocycles. The Balaban J connectivity index is 4.95. The first-order valence-corrected chi connectivity index (χ1v) is 4.40. The van der Waals surface area contributed by atoms with Crippen molar-refractivity contribution in [2.75, 3.05) is 20.3 Å². The molecule has 14 heavy (non-hydrogen) atoms. The number of likely N-dealkylation sites (N-methyl/N-ethyl adjacent to an activating group) is 1. The summed E-state index contributed by atoms with van der Waals surface area (Å²) in [6, 6.07) is 0. The topological polar surface area (TPSA) is 66.8 Å². The van der Waals surface area contributed by atoms with Gasteiger partial charge >= 0.3 is 5.97 Å². The molecule has 0 aromatic rings. The van der Waals surface area contributed by atoms with Crippen LogP contribution in [-0.2, 0) is 14.3 Å². The van der Waals surface area contributed by atoms with Gasteiger partial charge in [0.25, 0.3) is 0 Å². The summed E-state index contributed by atoms with van der Waals surface area (Å²) in [6.07, 6.45) is 0. The molecule has 0 aromatic carbocycles. The Morgan fingerprint density at radius 2 is 2.00 bits per heavy atom. The Kier molecular flexibility index (Phi) is 4.56. The fourth-order valence-electron chi connectivity index (χ4n) is 1.46. The number of carboxylic acids is 1. The SMILES string of the molecule is CCN(C(C)=O)C(C)(COC)C(=O)O. The highest BCUT2D eigenvalue weighted by Gasteiger charge is 2.40. The van der Waals surface area contributed by atoms with Gasteiger partial charge in [-0.25, -0.2) is 4.79 Å². The highest BCUT2D eigenvalue weighted by molar-refractivity contribution is 5.85. The van der Waals surface area contributed by atoms with Gasteiger partial charge in [0.05, 0.1) is 6.61 Å². The first kappa shape index (κ1) is 12.9. The van der Waals surface area contributed by atoms with Crippen LogP contribution in [0, 0.1) is 0 Å². The third-order valence-electron chi connectivity index (χ3n) is 2.18. The van der Waals surface area contributed by atoms with Gasteiger partial charge in [-0.15, -0.1) is 0 Å². The van der Waals surface area contributed by atoms with Gasteiger partial charge in [0.1, 0.15) is 0 Å². The molecule has 0 aliphatic rings. The van der Waals surface area contributed by atoms with Crippen molar-refractivity contribution in [2.24, 2.45) is 0 Å². The second-order valence-corrected chi connectivity index (χ2v) is 3.28. The number of hydrogen-bond acceptors (Lipinski definition) is 3. The lowest BCUT2D eigenvalue weighted by molar-refractivity contribution is -0.160. The van der Waals surface area contributed by atoms with Crippen molar-refractivity contribution in [1.29, 1.82) is 0 Å². The van der Waals surface area contributed by atoms with Crippen LogP contribution in [0.4, 0.5) is 0 Å². The Bertz CT molecular complexity index is 229. The van der Waals surface area contributed by atoms with Gasteiger partial charge in [0, 0.05) is 20.6 Å².